The zero-order valence-electron chi connectivity index (χ0n) is 18.7. The monoisotopic (exact) mass is 416 g/mol. The lowest BCUT2D eigenvalue weighted by Crippen LogP contribution is -2.34. The van der Waals surface area contributed by atoms with Gasteiger partial charge in [-0.1, -0.05) is 56.5 Å². The predicted molar refractivity (Wildman–Crippen MR) is 121 cm³/mol. The van der Waals surface area contributed by atoms with Gasteiger partial charge in [0.1, 0.15) is 0 Å². The van der Waals surface area contributed by atoms with Crippen LogP contribution in [0.15, 0.2) is 30.3 Å². The summed E-state index contributed by atoms with van der Waals surface area (Å²) in [5.41, 5.74) is 1.38. The molecule has 0 spiro atoms. The minimum atomic E-state index is -0.179. The van der Waals surface area contributed by atoms with E-state index in [-0.39, 0.29) is 11.9 Å². The van der Waals surface area contributed by atoms with Crippen LogP contribution in [-0.4, -0.2) is 43.0 Å². The Bertz CT molecular complexity index is 598. The number of nitrogens with zero attached hydrogens (tertiary/aromatic N) is 1. The molecule has 1 aromatic carbocycles. The molecule has 30 heavy (non-hydrogen) atoms. The zero-order chi connectivity index (χ0) is 21.4. The molecule has 2 rings (SSSR count). The van der Waals surface area contributed by atoms with E-state index in [4.69, 9.17) is 4.74 Å². The van der Waals surface area contributed by atoms with Crippen LogP contribution < -0.4 is 5.32 Å². The SMILES string of the molecule is CCCCCCOC(=O)CCCC(=O)NCCC1CCN(Cc2ccccc2)CC1. The maximum Gasteiger partial charge on any atom is 0.305 e. The number of nitrogens with one attached hydrogen (secondary N) is 1. The highest BCUT2D eigenvalue weighted by Crippen LogP contribution is 2.21. The second-order valence-corrected chi connectivity index (χ2v) is 8.48. The number of ether oxygens (including phenoxy) is 1. The molecule has 1 amide bonds. The molecule has 0 saturated carbocycles. The summed E-state index contributed by atoms with van der Waals surface area (Å²) >= 11 is 0. The van der Waals surface area contributed by atoms with Gasteiger partial charge in [-0.15, -0.1) is 0 Å². The maximum absolute atomic E-state index is 12.0. The van der Waals surface area contributed by atoms with Gasteiger partial charge in [0, 0.05) is 25.9 Å². The minimum absolute atomic E-state index is 0.0484. The molecule has 5 heteroatoms. The van der Waals surface area contributed by atoms with Crippen LogP contribution in [0.1, 0.15) is 76.7 Å². The highest BCUT2D eigenvalue weighted by Gasteiger charge is 2.19. The molecule has 1 aliphatic rings. The van der Waals surface area contributed by atoms with Crippen molar-refractivity contribution < 1.29 is 14.3 Å². The number of hydrogen-bond donors (Lipinski definition) is 1. The van der Waals surface area contributed by atoms with Crippen molar-refractivity contribution in [2.75, 3.05) is 26.2 Å². The quantitative estimate of drug-likeness (QED) is 0.353. The number of likely N-dealkylation sites (tertiary alicyclic amines) is 1. The average Bonchev–Trinajstić information content (AvgIpc) is 2.75. The van der Waals surface area contributed by atoms with Crippen molar-refractivity contribution in [1.29, 1.82) is 0 Å². The van der Waals surface area contributed by atoms with Gasteiger partial charge in [0.15, 0.2) is 0 Å². The van der Waals surface area contributed by atoms with Crippen molar-refractivity contribution >= 4 is 11.9 Å². The molecule has 0 aromatic heterocycles. The van der Waals surface area contributed by atoms with Gasteiger partial charge >= 0.3 is 5.97 Å². The molecule has 5 nitrogen and oxygen atoms in total. The number of piperidine rings is 1. The number of rotatable bonds is 14. The van der Waals surface area contributed by atoms with E-state index in [2.05, 4.69) is 47.5 Å². The Kier molecular flexibility index (Phi) is 12.2. The van der Waals surface area contributed by atoms with Gasteiger partial charge in [-0.05, 0) is 56.7 Å². The van der Waals surface area contributed by atoms with Crippen molar-refractivity contribution in [2.24, 2.45) is 5.92 Å². The standard InChI is InChI=1S/C25H40N2O3/c1-2-3-4-8-20-30-25(29)13-9-12-24(28)26-17-14-22-15-18-27(19-16-22)21-23-10-6-5-7-11-23/h5-7,10-11,22H,2-4,8-9,12-21H2,1H3,(H,26,28). The number of benzene rings is 1. The van der Waals surface area contributed by atoms with Crippen molar-refractivity contribution in [2.45, 2.75) is 77.7 Å². The maximum atomic E-state index is 12.0. The normalized spacial score (nSPS) is 15.1. The summed E-state index contributed by atoms with van der Waals surface area (Å²) in [7, 11) is 0. The van der Waals surface area contributed by atoms with Crippen molar-refractivity contribution in [3.05, 3.63) is 35.9 Å². The first-order chi connectivity index (χ1) is 14.7. The van der Waals surface area contributed by atoms with Crippen LogP contribution in [0.3, 0.4) is 0 Å². The molecule has 0 bridgehead atoms. The third-order valence-corrected chi connectivity index (χ3v) is 5.88. The molecule has 0 atom stereocenters. The molecule has 168 valence electrons. The number of unbranched alkanes of at least 4 members (excludes halogenated alkanes) is 3. The molecule has 1 aromatic rings. The van der Waals surface area contributed by atoms with Crippen LogP contribution >= 0.6 is 0 Å². The number of esters is 1. The summed E-state index contributed by atoms with van der Waals surface area (Å²) < 4.78 is 5.20. The molecular weight excluding hydrogens is 376 g/mol. The third-order valence-electron chi connectivity index (χ3n) is 5.88. The Labute approximate surface area is 182 Å². The predicted octanol–water partition coefficient (Wildman–Crippen LogP) is 4.70. The van der Waals surface area contributed by atoms with Crippen LogP contribution in [0.25, 0.3) is 0 Å². The summed E-state index contributed by atoms with van der Waals surface area (Å²) in [6.45, 7) is 6.71. The van der Waals surface area contributed by atoms with Crippen molar-refractivity contribution in [3.8, 4) is 0 Å². The number of carbonyl (C=O) groups is 2. The lowest BCUT2D eigenvalue weighted by atomic mass is 9.93. The van der Waals surface area contributed by atoms with Crippen molar-refractivity contribution in [3.63, 3.8) is 0 Å². The zero-order valence-corrected chi connectivity index (χ0v) is 18.7. The number of hydrogen-bond acceptors (Lipinski definition) is 4. The molecule has 0 aliphatic carbocycles. The summed E-state index contributed by atoms with van der Waals surface area (Å²) in [4.78, 5) is 26.2. The fourth-order valence-electron chi connectivity index (χ4n) is 3.96. The van der Waals surface area contributed by atoms with E-state index in [0.717, 1.165) is 45.4 Å². The van der Waals surface area contributed by atoms with Crippen LogP contribution in [0.2, 0.25) is 0 Å². The minimum Gasteiger partial charge on any atom is -0.466 e. The lowest BCUT2D eigenvalue weighted by molar-refractivity contribution is -0.143. The van der Waals surface area contributed by atoms with Gasteiger partial charge < -0.3 is 10.1 Å². The van der Waals surface area contributed by atoms with E-state index in [1.807, 2.05) is 0 Å². The van der Waals surface area contributed by atoms with Gasteiger partial charge in [-0.3, -0.25) is 14.5 Å². The molecule has 1 N–H and O–H groups in total. The Balaban J connectivity index is 1.45. The topological polar surface area (TPSA) is 58.6 Å². The molecule has 1 aliphatic heterocycles. The van der Waals surface area contributed by atoms with Gasteiger partial charge in [0.2, 0.25) is 5.91 Å². The smallest absolute Gasteiger partial charge is 0.305 e. The molecule has 1 fully saturated rings. The van der Waals surface area contributed by atoms with Crippen LogP contribution in [-0.2, 0) is 20.9 Å². The fourth-order valence-corrected chi connectivity index (χ4v) is 3.96. The summed E-state index contributed by atoms with van der Waals surface area (Å²) in [5, 5.41) is 3.02. The molecule has 1 heterocycles. The van der Waals surface area contributed by atoms with Gasteiger partial charge in [-0.25, -0.2) is 0 Å². The molecule has 1 saturated heterocycles. The third kappa shape index (κ3) is 10.8. The van der Waals surface area contributed by atoms with E-state index in [1.54, 1.807) is 0 Å². The Morgan fingerprint density at radius 1 is 1.03 bits per heavy atom. The van der Waals surface area contributed by atoms with E-state index < -0.39 is 0 Å². The molecule has 0 unspecified atom stereocenters. The largest absolute Gasteiger partial charge is 0.466 e. The van der Waals surface area contributed by atoms with Crippen LogP contribution in [0.5, 0.6) is 0 Å². The van der Waals surface area contributed by atoms with Crippen LogP contribution in [0, 0.1) is 5.92 Å². The van der Waals surface area contributed by atoms with Gasteiger partial charge in [-0.2, -0.15) is 0 Å². The number of carbonyl (C=O) groups excluding carboxylic acids is 2. The van der Waals surface area contributed by atoms with Gasteiger partial charge in [0.25, 0.3) is 0 Å². The Morgan fingerprint density at radius 3 is 2.53 bits per heavy atom. The first-order valence-corrected chi connectivity index (χ1v) is 11.9. The molecular formula is C25H40N2O3. The second kappa shape index (κ2) is 15.0. The van der Waals surface area contributed by atoms with Gasteiger partial charge in [0.05, 0.1) is 6.61 Å². The highest BCUT2D eigenvalue weighted by molar-refractivity contribution is 5.76. The fraction of sp³-hybridized carbons (Fsp3) is 0.680. The first kappa shape index (κ1) is 24.4. The summed E-state index contributed by atoms with van der Waals surface area (Å²) in [6, 6.07) is 10.6. The van der Waals surface area contributed by atoms with E-state index in [1.165, 1.54) is 31.2 Å². The second-order valence-electron chi connectivity index (χ2n) is 8.48. The lowest BCUT2D eigenvalue weighted by Gasteiger charge is -2.32. The van der Waals surface area contributed by atoms with E-state index in [9.17, 15) is 9.59 Å². The Hall–Kier alpha value is -1.88. The van der Waals surface area contributed by atoms with Crippen LogP contribution in [0.4, 0.5) is 0 Å². The van der Waals surface area contributed by atoms with Crippen molar-refractivity contribution in [1.82, 2.24) is 10.2 Å². The summed E-state index contributed by atoms with van der Waals surface area (Å²) in [6.07, 6.45) is 9.16. The molecule has 0 radical (unpaired) electrons. The average molecular weight is 417 g/mol. The first-order valence-electron chi connectivity index (χ1n) is 11.9. The number of amides is 1. The Morgan fingerprint density at radius 2 is 1.80 bits per heavy atom. The summed E-state index contributed by atoms with van der Waals surface area (Å²) in [5.74, 6) is 0.564. The van der Waals surface area contributed by atoms with E-state index >= 15 is 0 Å². The van der Waals surface area contributed by atoms with E-state index in [0.29, 0.717) is 31.8 Å². The highest BCUT2D eigenvalue weighted by atomic mass is 16.5.